The number of benzene rings is 2. The average Bonchev–Trinajstić information content (AvgIpc) is 2.52. The highest BCUT2D eigenvalue weighted by molar-refractivity contribution is 5.73. The van der Waals surface area contributed by atoms with Gasteiger partial charge in [-0.2, -0.15) is 0 Å². The Bertz CT molecular complexity index is 624. The van der Waals surface area contributed by atoms with E-state index in [1.165, 1.54) is 5.56 Å². The van der Waals surface area contributed by atoms with Crippen LogP contribution in [0.2, 0.25) is 0 Å². The second-order valence-electron chi connectivity index (χ2n) is 4.41. The molecule has 98 valence electrons. The van der Waals surface area contributed by atoms with Crippen LogP contribution >= 0.6 is 0 Å². The van der Waals surface area contributed by atoms with Gasteiger partial charge in [0.25, 0.3) is 0 Å². The highest BCUT2D eigenvalue weighted by Crippen LogP contribution is 2.14. The van der Waals surface area contributed by atoms with Crippen molar-refractivity contribution >= 4 is 5.57 Å². The predicted molar refractivity (Wildman–Crippen MR) is 87.4 cm³/mol. The van der Waals surface area contributed by atoms with Crippen molar-refractivity contribution in [3.63, 3.8) is 0 Å². The Kier molecular flexibility index (Phi) is 5.39. The van der Waals surface area contributed by atoms with Crippen LogP contribution in [0.15, 0.2) is 97.3 Å². The van der Waals surface area contributed by atoms with Crippen molar-refractivity contribution in [2.45, 2.75) is 6.42 Å². The van der Waals surface area contributed by atoms with Gasteiger partial charge in [-0.25, -0.2) is 0 Å². The van der Waals surface area contributed by atoms with Crippen molar-refractivity contribution in [1.82, 2.24) is 0 Å². The summed E-state index contributed by atoms with van der Waals surface area (Å²) in [5.74, 6) is 0. The molecule has 20 heavy (non-hydrogen) atoms. The van der Waals surface area contributed by atoms with E-state index in [-0.39, 0.29) is 0 Å². The lowest BCUT2D eigenvalue weighted by atomic mass is 10.1. The van der Waals surface area contributed by atoms with Gasteiger partial charge >= 0.3 is 0 Å². The summed E-state index contributed by atoms with van der Waals surface area (Å²) in [5, 5.41) is 0. The van der Waals surface area contributed by atoms with Gasteiger partial charge in [-0.1, -0.05) is 79.4 Å². The van der Waals surface area contributed by atoms with Gasteiger partial charge in [-0.3, -0.25) is 0 Å². The van der Waals surface area contributed by atoms with Gasteiger partial charge in [0, 0.05) is 5.57 Å². The molecule has 0 heteroatoms. The zero-order chi connectivity index (χ0) is 14.0. The fourth-order valence-electron chi connectivity index (χ4n) is 1.90. The van der Waals surface area contributed by atoms with E-state index in [1.807, 2.05) is 36.4 Å². The lowest BCUT2D eigenvalue weighted by Crippen LogP contribution is -1.80. The number of allylic oxidation sites excluding steroid dienone is 4. The molecule has 0 radical (unpaired) electrons. The standard InChI is InChI=1S/C20H18/c1-2-3-14-19(20-15-8-5-9-16-20)17-10-13-18-11-6-4-7-12-18/h2-12,14-16H,1,13H2. The zero-order valence-electron chi connectivity index (χ0n) is 11.5. The maximum absolute atomic E-state index is 3.72. The van der Waals surface area contributed by atoms with Crippen molar-refractivity contribution in [1.29, 1.82) is 0 Å². The molecule has 2 aromatic rings. The van der Waals surface area contributed by atoms with Crippen LogP contribution in [0.1, 0.15) is 11.1 Å². The Labute approximate surface area is 121 Å². The maximum atomic E-state index is 3.72. The smallest absolute Gasteiger partial charge is 0.0233 e. The second-order valence-corrected chi connectivity index (χ2v) is 4.41. The fraction of sp³-hybridized carbons (Fsp3) is 0.0500. The third-order valence-electron chi connectivity index (χ3n) is 2.92. The molecule has 0 aromatic heterocycles. The van der Waals surface area contributed by atoms with E-state index in [2.05, 4.69) is 54.8 Å². The number of hydrogen-bond donors (Lipinski definition) is 0. The molecule has 0 saturated heterocycles. The fourth-order valence-corrected chi connectivity index (χ4v) is 1.90. The minimum absolute atomic E-state index is 0.888. The van der Waals surface area contributed by atoms with Crippen LogP contribution in [0.3, 0.4) is 0 Å². The van der Waals surface area contributed by atoms with E-state index in [1.54, 1.807) is 6.08 Å². The lowest BCUT2D eigenvalue weighted by molar-refractivity contribution is 1.27. The molecule has 0 aliphatic carbocycles. The van der Waals surface area contributed by atoms with Crippen molar-refractivity contribution < 1.29 is 0 Å². The van der Waals surface area contributed by atoms with Gasteiger partial charge in [0.05, 0.1) is 0 Å². The Hall–Kier alpha value is -2.56. The van der Waals surface area contributed by atoms with Gasteiger partial charge in [0.2, 0.25) is 0 Å². The van der Waals surface area contributed by atoms with Crippen LogP contribution in [-0.4, -0.2) is 0 Å². The van der Waals surface area contributed by atoms with Crippen molar-refractivity contribution in [2.75, 3.05) is 0 Å². The first-order chi connectivity index (χ1) is 9.90. The molecule has 0 heterocycles. The van der Waals surface area contributed by atoms with Crippen LogP contribution in [0, 0.1) is 0 Å². The van der Waals surface area contributed by atoms with Crippen LogP contribution in [0.25, 0.3) is 5.57 Å². The van der Waals surface area contributed by atoms with Crippen LogP contribution < -0.4 is 0 Å². The van der Waals surface area contributed by atoms with Crippen LogP contribution in [0.4, 0.5) is 0 Å². The average molecular weight is 258 g/mol. The van der Waals surface area contributed by atoms with E-state index in [0.29, 0.717) is 0 Å². The molecule has 0 N–H and O–H groups in total. The molecule has 0 aliphatic rings. The molecule has 0 saturated carbocycles. The van der Waals surface area contributed by atoms with E-state index in [0.717, 1.165) is 17.6 Å². The Morgan fingerprint density at radius 1 is 0.950 bits per heavy atom. The normalized spacial score (nSPS) is 10.0. The third kappa shape index (κ3) is 4.28. The molecule has 0 nitrogen and oxygen atoms in total. The molecular formula is C20H18. The summed E-state index contributed by atoms with van der Waals surface area (Å²) in [4.78, 5) is 0. The molecule has 2 aromatic carbocycles. The number of hydrogen-bond acceptors (Lipinski definition) is 0. The lowest BCUT2D eigenvalue weighted by Gasteiger charge is -1.98. The van der Waals surface area contributed by atoms with Crippen molar-refractivity contribution in [3.05, 3.63) is 108 Å². The second kappa shape index (κ2) is 7.78. The summed E-state index contributed by atoms with van der Waals surface area (Å²) < 4.78 is 0. The summed E-state index contributed by atoms with van der Waals surface area (Å²) in [7, 11) is 0. The molecular weight excluding hydrogens is 240 g/mol. The molecule has 0 aliphatic heterocycles. The quantitative estimate of drug-likeness (QED) is 0.510. The Morgan fingerprint density at radius 2 is 1.60 bits per heavy atom. The Morgan fingerprint density at radius 3 is 2.25 bits per heavy atom. The molecule has 2 rings (SSSR count). The molecule has 0 fully saturated rings. The highest BCUT2D eigenvalue weighted by atomic mass is 14.0. The van der Waals surface area contributed by atoms with E-state index >= 15 is 0 Å². The summed E-state index contributed by atoms with van der Waals surface area (Å²) in [6.07, 6.45) is 8.71. The SMILES string of the molecule is C=CC=CC(=C=CCc1ccccc1)c1ccccc1. The van der Waals surface area contributed by atoms with Crippen molar-refractivity contribution in [3.8, 4) is 0 Å². The third-order valence-corrected chi connectivity index (χ3v) is 2.92. The number of rotatable bonds is 5. The first-order valence-electron chi connectivity index (χ1n) is 6.74. The minimum atomic E-state index is 0.888. The Balaban J connectivity index is 2.24. The molecule has 0 unspecified atom stereocenters. The zero-order valence-corrected chi connectivity index (χ0v) is 11.5. The molecule has 0 bridgehead atoms. The maximum Gasteiger partial charge on any atom is 0.0233 e. The van der Waals surface area contributed by atoms with Gasteiger partial charge in [0.15, 0.2) is 0 Å². The molecule has 0 amide bonds. The van der Waals surface area contributed by atoms with E-state index in [4.69, 9.17) is 0 Å². The summed E-state index contributed by atoms with van der Waals surface area (Å²) in [5.41, 5.74) is 6.90. The van der Waals surface area contributed by atoms with Crippen molar-refractivity contribution in [2.24, 2.45) is 0 Å². The van der Waals surface area contributed by atoms with E-state index in [9.17, 15) is 0 Å². The van der Waals surface area contributed by atoms with Gasteiger partial charge in [-0.05, 0) is 29.7 Å². The van der Waals surface area contributed by atoms with Gasteiger partial charge < -0.3 is 0 Å². The minimum Gasteiger partial charge on any atom is -0.116 e. The van der Waals surface area contributed by atoms with Gasteiger partial charge in [-0.15, -0.1) is 5.73 Å². The summed E-state index contributed by atoms with van der Waals surface area (Å²) in [6, 6.07) is 20.7. The predicted octanol–water partition coefficient (Wildman–Crippen LogP) is 5.21. The highest BCUT2D eigenvalue weighted by Gasteiger charge is 1.94. The van der Waals surface area contributed by atoms with Crippen LogP contribution in [-0.2, 0) is 6.42 Å². The largest absolute Gasteiger partial charge is 0.116 e. The summed E-state index contributed by atoms with van der Waals surface area (Å²) in [6.45, 7) is 3.72. The van der Waals surface area contributed by atoms with E-state index < -0.39 is 0 Å². The van der Waals surface area contributed by atoms with Gasteiger partial charge in [0.1, 0.15) is 0 Å². The van der Waals surface area contributed by atoms with Crippen LogP contribution in [0.5, 0.6) is 0 Å². The topological polar surface area (TPSA) is 0 Å². The first kappa shape index (κ1) is 13.9. The summed E-state index contributed by atoms with van der Waals surface area (Å²) >= 11 is 0. The monoisotopic (exact) mass is 258 g/mol. The first-order valence-corrected chi connectivity index (χ1v) is 6.74. The molecule has 0 spiro atoms. The molecule has 0 atom stereocenters.